The Balaban J connectivity index is 1.68. The van der Waals surface area contributed by atoms with E-state index in [4.69, 9.17) is 9.47 Å². The smallest absolute Gasteiger partial charge is 0.305 e. The maximum Gasteiger partial charge on any atom is 0.305 e. The molecule has 216 valence electrons. The van der Waals surface area contributed by atoms with Gasteiger partial charge in [0, 0.05) is 48.8 Å². The molecule has 9 nitrogen and oxygen atoms in total. The van der Waals surface area contributed by atoms with Crippen molar-refractivity contribution in [2.75, 3.05) is 43.6 Å². The van der Waals surface area contributed by atoms with Crippen LogP contribution >= 0.6 is 0 Å². The molecule has 0 aromatic heterocycles. The molecular weight excluding hydrogens is 521 g/mol. The van der Waals surface area contributed by atoms with E-state index in [1.165, 1.54) is 7.11 Å². The number of amides is 2. The lowest BCUT2D eigenvalue weighted by molar-refractivity contribution is -0.146. The average molecular weight is 564 g/mol. The van der Waals surface area contributed by atoms with E-state index in [-0.39, 0.29) is 43.2 Å². The Bertz CT molecular complexity index is 1080. The lowest BCUT2D eigenvalue weighted by Crippen LogP contribution is -2.45. The lowest BCUT2D eigenvalue weighted by Gasteiger charge is -2.31. The van der Waals surface area contributed by atoms with E-state index < -0.39 is 31.6 Å². The molecule has 2 fully saturated rings. The van der Waals surface area contributed by atoms with Gasteiger partial charge >= 0.3 is 5.97 Å². The number of fused-ring (bicyclic) bond motifs is 2. The van der Waals surface area contributed by atoms with Crippen LogP contribution in [0.5, 0.6) is 0 Å². The minimum absolute atomic E-state index is 0.0751. The number of rotatable bonds is 10. The number of piperidine rings is 1. The molecule has 3 aliphatic heterocycles. The van der Waals surface area contributed by atoms with E-state index in [0.717, 1.165) is 19.4 Å². The van der Waals surface area contributed by atoms with Crippen LogP contribution in [0.25, 0.3) is 0 Å². The van der Waals surface area contributed by atoms with Gasteiger partial charge in [-0.2, -0.15) is 0 Å². The van der Waals surface area contributed by atoms with Crippen LogP contribution in [0.4, 0.5) is 15.5 Å². The summed E-state index contributed by atoms with van der Waals surface area (Å²) in [7, 11) is -1.95. The van der Waals surface area contributed by atoms with Crippen molar-refractivity contribution in [3.8, 4) is 0 Å². The minimum Gasteiger partial charge on any atom is -0.469 e. The number of halogens is 1. The lowest BCUT2D eigenvalue weighted by atomic mass is 9.82. The largest absolute Gasteiger partial charge is 0.469 e. The predicted molar refractivity (Wildman–Crippen MR) is 149 cm³/mol. The summed E-state index contributed by atoms with van der Waals surface area (Å²) >= 11 is 0. The minimum atomic E-state index is -3.30. The third kappa shape index (κ3) is 5.77. The second kappa shape index (κ2) is 12.0. The van der Waals surface area contributed by atoms with Crippen molar-refractivity contribution in [2.24, 2.45) is 11.8 Å². The molecule has 11 heteroatoms. The van der Waals surface area contributed by atoms with Crippen LogP contribution in [-0.2, 0) is 29.5 Å². The van der Waals surface area contributed by atoms with E-state index in [1.54, 1.807) is 30.1 Å². The fourth-order valence-corrected chi connectivity index (χ4v) is 9.25. The van der Waals surface area contributed by atoms with Gasteiger partial charge in [-0.1, -0.05) is 6.92 Å². The third-order valence-electron chi connectivity index (χ3n) is 8.55. The van der Waals surface area contributed by atoms with Gasteiger partial charge in [0.25, 0.3) is 5.91 Å². The number of ether oxygens (including phenoxy) is 2. The van der Waals surface area contributed by atoms with Crippen LogP contribution in [0, 0.1) is 11.8 Å². The molecule has 0 saturated carbocycles. The van der Waals surface area contributed by atoms with E-state index >= 15 is 4.11 Å². The fourth-order valence-electron chi connectivity index (χ4n) is 6.71. The number of anilines is 2. The van der Waals surface area contributed by atoms with Crippen molar-refractivity contribution in [3.63, 3.8) is 0 Å². The third-order valence-corrected chi connectivity index (χ3v) is 11.0. The van der Waals surface area contributed by atoms with Crippen molar-refractivity contribution in [1.82, 2.24) is 5.32 Å². The number of methoxy groups -OCH3 is 1. The zero-order valence-electron chi connectivity index (χ0n) is 23.4. The normalized spacial score (nSPS) is 28.6. The molecule has 39 heavy (non-hydrogen) atoms. The Labute approximate surface area is 231 Å². The Hall–Kier alpha value is -2.34. The van der Waals surface area contributed by atoms with Gasteiger partial charge in [0.15, 0.2) is 5.60 Å². The first kappa shape index (κ1) is 29.6. The highest BCUT2D eigenvalue weighted by atomic mass is 28.4. The highest BCUT2D eigenvalue weighted by Gasteiger charge is 2.66. The summed E-state index contributed by atoms with van der Waals surface area (Å²) in [5.41, 5.74) is -0.0441. The van der Waals surface area contributed by atoms with Gasteiger partial charge in [0.2, 0.25) is 14.3 Å². The highest BCUT2D eigenvalue weighted by Crippen LogP contribution is 2.60. The first-order valence-corrected chi connectivity index (χ1v) is 17.0. The zero-order valence-corrected chi connectivity index (χ0v) is 24.4. The van der Waals surface area contributed by atoms with Crippen LogP contribution in [-0.4, -0.2) is 70.8 Å². The van der Waals surface area contributed by atoms with Crippen LogP contribution in [0.2, 0.25) is 18.6 Å². The SMILES string of the molecule is COC(=O)CCCCN1C(=O)[C@@]2(O[C@@H](CCO)[C@H]([Si](C)(C)F)[C@H]2C)c2cc(NC(=O)C3CCCNC3)ccc21. The maximum atomic E-state index is 15.7. The molecule has 1 aromatic rings. The van der Waals surface area contributed by atoms with Crippen molar-refractivity contribution in [2.45, 2.75) is 75.8 Å². The molecule has 2 saturated heterocycles. The summed E-state index contributed by atoms with van der Waals surface area (Å²) < 4.78 is 27.0. The molecule has 3 aliphatic rings. The van der Waals surface area contributed by atoms with Crippen LogP contribution in [0.15, 0.2) is 18.2 Å². The van der Waals surface area contributed by atoms with E-state index in [2.05, 4.69) is 10.6 Å². The van der Waals surface area contributed by atoms with Crippen molar-refractivity contribution in [3.05, 3.63) is 23.8 Å². The quantitative estimate of drug-likeness (QED) is 0.173. The van der Waals surface area contributed by atoms with Gasteiger partial charge in [-0.3, -0.25) is 14.4 Å². The van der Waals surface area contributed by atoms with Gasteiger partial charge in [-0.25, -0.2) is 0 Å². The Kier molecular flexibility index (Phi) is 9.14. The molecule has 3 N–H and O–H groups in total. The Morgan fingerprint density at radius 2 is 2.10 bits per heavy atom. The molecule has 1 unspecified atom stereocenters. The Morgan fingerprint density at radius 1 is 1.33 bits per heavy atom. The number of hydrogen-bond donors (Lipinski definition) is 3. The maximum absolute atomic E-state index is 15.7. The number of hydrogen-bond acceptors (Lipinski definition) is 7. The van der Waals surface area contributed by atoms with Gasteiger partial charge in [0.1, 0.15) is 0 Å². The Morgan fingerprint density at radius 3 is 2.74 bits per heavy atom. The standard InChI is InChI=1S/C28H42FN3O6Si/c1-18-25(39(3,4)29)23(12-15-33)38-28(18)21-16-20(31-26(35)19-8-7-13-30-17-19)10-11-22(21)32(27(28)36)14-6-5-9-24(34)37-2/h10-11,16,18-19,23,25,30,33H,5-9,12-15,17H2,1-4H3,(H,31,35)/t18-,19?,23+,25-,28+/m1/s1. The van der Waals surface area contributed by atoms with E-state index in [1.807, 2.05) is 13.0 Å². The number of benzene rings is 1. The number of unbranched alkanes of at least 4 members (excludes halogenated alkanes) is 1. The summed E-state index contributed by atoms with van der Waals surface area (Å²) in [5, 5.41) is 16.0. The molecule has 1 aromatic carbocycles. The summed E-state index contributed by atoms with van der Waals surface area (Å²) in [5.74, 6) is -1.24. The van der Waals surface area contributed by atoms with E-state index in [9.17, 15) is 19.5 Å². The number of aliphatic hydroxyl groups is 1. The molecule has 5 atom stereocenters. The molecule has 0 aliphatic carbocycles. The molecule has 2 amide bonds. The molecular formula is C28H42FN3O6Si. The van der Waals surface area contributed by atoms with Crippen molar-refractivity contribution in [1.29, 1.82) is 0 Å². The topological polar surface area (TPSA) is 117 Å². The monoisotopic (exact) mass is 563 g/mol. The van der Waals surface area contributed by atoms with Gasteiger partial charge in [-0.05, 0) is 69.9 Å². The predicted octanol–water partition coefficient (Wildman–Crippen LogP) is 3.47. The number of carbonyl (C=O) groups is 3. The zero-order chi connectivity index (χ0) is 28.4. The van der Waals surface area contributed by atoms with Crippen LogP contribution in [0.3, 0.4) is 0 Å². The van der Waals surface area contributed by atoms with Gasteiger partial charge in [-0.15, -0.1) is 0 Å². The average Bonchev–Trinajstić information content (AvgIpc) is 3.33. The fraction of sp³-hybridized carbons (Fsp3) is 0.679. The van der Waals surface area contributed by atoms with Crippen molar-refractivity contribution < 1.29 is 33.1 Å². The summed E-state index contributed by atoms with van der Waals surface area (Å²) in [6.07, 6.45) is 2.78. The van der Waals surface area contributed by atoms with Gasteiger partial charge < -0.3 is 34.2 Å². The van der Waals surface area contributed by atoms with E-state index in [0.29, 0.717) is 42.9 Å². The molecule has 0 bridgehead atoms. The second-order valence-electron chi connectivity index (χ2n) is 11.5. The van der Waals surface area contributed by atoms with Crippen molar-refractivity contribution >= 4 is 37.6 Å². The highest BCUT2D eigenvalue weighted by molar-refractivity contribution is 6.72. The number of nitrogens with zero attached hydrogens (tertiary/aromatic N) is 1. The number of aliphatic hydroxyl groups excluding tert-OH is 1. The second-order valence-corrected chi connectivity index (χ2v) is 15.3. The van der Waals surface area contributed by atoms with Crippen LogP contribution in [0.1, 0.15) is 51.0 Å². The van der Waals surface area contributed by atoms with Gasteiger partial charge in [0.05, 0.1) is 24.8 Å². The molecule has 4 rings (SSSR count). The summed E-state index contributed by atoms with van der Waals surface area (Å²) in [6.45, 7) is 6.85. The number of nitrogens with one attached hydrogen (secondary N) is 2. The first-order chi connectivity index (χ1) is 18.5. The summed E-state index contributed by atoms with van der Waals surface area (Å²) in [6, 6.07) is 5.41. The summed E-state index contributed by atoms with van der Waals surface area (Å²) in [4.78, 5) is 40.5. The molecule has 0 radical (unpaired) electrons. The number of carbonyl (C=O) groups excluding carboxylic acids is 3. The first-order valence-electron chi connectivity index (χ1n) is 14.1. The number of esters is 1. The molecule has 3 heterocycles. The molecule has 1 spiro atoms. The van der Waals surface area contributed by atoms with Crippen LogP contribution < -0.4 is 15.5 Å².